The first-order valence-corrected chi connectivity index (χ1v) is 17.9. The van der Waals surface area contributed by atoms with Crippen LogP contribution in [0.2, 0.25) is 0 Å². The number of carboxylic acid groups (broad SMARTS) is 1. The lowest BCUT2D eigenvalue weighted by Gasteiger charge is -2.37. The summed E-state index contributed by atoms with van der Waals surface area (Å²) >= 11 is 0. The summed E-state index contributed by atoms with van der Waals surface area (Å²) in [5.74, 6) is -0.862. The van der Waals surface area contributed by atoms with Gasteiger partial charge in [-0.3, -0.25) is 14.4 Å². The summed E-state index contributed by atoms with van der Waals surface area (Å²) in [4.78, 5) is 57.9. The number of anilines is 1. The van der Waals surface area contributed by atoms with Gasteiger partial charge in [-0.25, -0.2) is 9.18 Å². The first-order valence-electron chi connectivity index (χ1n) is 17.9. The Hall–Kier alpha value is -4.85. The molecule has 4 N–H and O–H groups in total. The first-order chi connectivity index (χ1) is 24.7. The second-order valence-electron chi connectivity index (χ2n) is 14.3. The number of carbonyl (C=O) groups excluding carboxylic acids is 3. The molecule has 14 heteroatoms. The Morgan fingerprint density at radius 2 is 1.76 bits per heavy atom. The number of likely N-dealkylation sites (tertiary alicyclic amines) is 1. The van der Waals surface area contributed by atoms with Gasteiger partial charge in [-0.1, -0.05) is 17.3 Å². The number of nitrogens with zero attached hydrogens (tertiary/aromatic N) is 4. The van der Waals surface area contributed by atoms with Gasteiger partial charge in [0.2, 0.25) is 11.8 Å². The number of ether oxygens (including phenoxy) is 1. The van der Waals surface area contributed by atoms with Gasteiger partial charge in [0.05, 0.1) is 17.7 Å². The molecular weight excluding hydrogens is 657 g/mol. The van der Waals surface area contributed by atoms with Crippen molar-refractivity contribution in [2.24, 2.45) is 23.7 Å². The zero-order chi connectivity index (χ0) is 35.6. The molecule has 0 unspecified atom stereocenters. The molecule has 2 aromatic carbocycles. The van der Waals surface area contributed by atoms with Gasteiger partial charge in [0.25, 0.3) is 5.91 Å². The predicted octanol–water partition coefficient (Wildman–Crippen LogP) is 5.37. The zero-order valence-corrected chi connectivity index (χ0v) is 28.6. The van der Waals surface area contributed by atoms with E-state index in [0.717, 1.165) is 43.0 Å². The SMILES string of the molecule is COC1CCC([C@@H]2CCN(C(=O)C3CCC([C@@H](CF)NC(=O)O)CC3)[C@@H]2C(=O)Nc2ccc3[nH]c(C(=O)n4nnc5ccccc54)cc3c2)CC1. The van der Waals surface area contributed by atoms with E-state index in [1.165, 1.54) is 4.68 Å². The molecule has 7 rings (SSSR count). The van der Waals surface area contributed by atoms with Gasteiger partial charge in [-0.05, 0) is 112 Å². The molecule has 51 heavy (non-hydrogen) atoms. The van der Waals surface area contributed by atoms with Gasteiger partial charge in [-0.15, -0.1) is 5.10 Å². The minimum Gasteiger partial charge on any atom is -0.465 e. The Morgan fingerprint density at radius 1 is 1.00 bits per heavy atom. The summed E-state index contributed by atoms with van der Waals surface area (Å²) in [6, 6.07) is 12.9. The number of rotatable bonds is 9. The van der Waals surface area contributed by atoms with Crippen molar-refractivity contribution < 1.29 is 33.4 Å². The summed E-state index contributed by atoms with van der Waals surface area (Å²) in [5, 5.41) is 23.4. The molecule has 1 aliphatic heterocycles. The number of fused-ring (bicyclic) bond motifs is 2. The van der Waals surface area contributed by atoms with E-state index >= 15 is 0 Å². The summed E-state index contributed by atoms with van der Waals surface area (Å²) in [7, 11) is 1.73. The van der Waals surface area contributed by atoms with Gasteiger partial charge in [0.15, 0.2) is 0 Å². The van der Waals surface area contributed by atoms with Crippen molar-refractivity contribution in [1.82, 2.24) is 30.2 Å². The van der Waals surface area contributed by atoms with E-state index in [-0.39, 0.29) is 47.5 Å². The van der Waals surface area contributed by atoms with Crippen LogP contribution in [0.3, 0.4) is 0 Å². The first kappa shape index (κ1) is 34.6. The molecule has 2 aromatic heterocycles. The molecule has 0 spiro atoms. The van der Waals surface area contributed by atoms with Crippen molar-refractivity contribution in [2.75, 3.05) is 25.6 Å². The van der Waals surface area contributed by atoms with Crippen LogP contribution >= 0.6 is 0 Å². The number of aromatic nitrogens is 4. The highest BCUT2D eigenvalue weighted by Gasteiger charge is 2.47. The molecule has 13 nitrogen and oxygen atoms in total. The molecule has 3 fully saturated rings. The Labute approximate surface area is 294 Å². The third-order valence-electron chi connectivity index (χ3n) is 11.5. The molecule has 270 valence electrons. The van der Waals surface area contributed by atoms with Gasteiger partial charge in [-0.2, -0.15) is 4.68 Å². The smallest absolute Gasteiger partial charge is 0.404 e. The largest absolute Gasteiger partial charge is 0.465 e. The fraction of sp³-hybridized carbons (Fsp3) is 0.514. The van der Waals surface area contributed by atoms with E-state index in [9.17, 15) is 23.6 Å². The summed E-state index contributed by atoms with van der Waals surface area (Å²) in [6.07, 6.45) is 5.48. The highest BCUT2D eigenvalue weighted by atomic mass is 19.1. The normalized spacial score (nSPS) is 25.9. The lowest BCUT2D eigenvalue weighted by molar-refractivity contribution is -0.142. The van der Waals surface area contributed by atoms with Crippen molar-refractivity contribution >= 4 is 51.4 Å². The summed E-state index contributed by atoms with van der Waals surface area (Å²) in [6.45, 7) is -0.305. The topological polar surface area (TPSA) is 172 Å². The highest BCUT2D eigenvalue weighted by Crippen LogP contribution is 2.42. The van der Waals surface area contributed by atoms with Crippen LogP contribution in [0.5, 0.6) is 0 Å². The van der Waals surface area contributed by atoms with Gasteiger partial charge in [0, 0.05) is 36.2 Å². The Balaban J connectivity index is 1.08. The Morgan fingerprint density at radius 3 is 2.49 bits per heavy atom. The molecule has 3 atom stereocenters. The van der Waals surface area contributed by atoms with Gasteiger partial charge in [0.1, 0.15) is 23.9 Å². The number of alkyl halides is 1. The predicted molar refractivity (Wildman–Crippen MR) is 187 cm³/mol. The quantitative estimate of drug-likeness (QED) is 0.180. The average Bonchev–Trinajstić information content (AvgIpc) is 3.90. The number of nitrogens with one attached hydrogen (secondary N) is 3. The van der Waals surface area contributed by atoms with Crippen LogP contribution in [0.25, 0.3) is 21.9 Å². The molecule has 0 radical (unpaired) electrons. The maximum Gasteiger partial charge on any atom is 0.404 e. The molecular formula is C37H44FN7O6. The number of methoxy groups -OCH3 is 1. The van der Waals surface area contributed by atoms with Crippen molar-refractivity contribution in [3.8, 4) is 0 Å². The molecule has 2 saturated carbocycles. The molecule has 2 aliphatic carbocycles. The van der Waals surface area contributed by atoms with Crippen LogP contribution in [0.15, 0.2) is 48.5 Å². The molecule has 0 bridgehead atoms. The zero-order valence-electron chi connectivity index (χ0n) is 28.6. The summed E-state index contributed by atoms with van der Waals surface area (Å²) in [5.41, 5.74) is 2.82. The maximum absolute atomic E-state index is 14.3. The Bertz CT molecular complexity index is 1910. The van der Waals surface area contributed by atoms with Crippen LogP contribution in [-0.4, -0.2) is 92.3 Å². The fourth-order valence-corrected chi connectivity index (χ4v) is 8.76. The highest BCUT2D eigenvalue weighted by molar-refractivity contribution is 6.04. The van der Waals surface area contributed by atoms with Crippen molar-refractivity contribution in [2.45, 2.75) is 76.0 Å². The van der Waals surface area contributed by atoms with E-state index in [1.807, 2.05) is 24.3 Å². The second-order valence-corrected chi connectivity index (χ2v) is 14.3. The average molecular weight is 702 g/mol. The third kappa shape index (κ3) is 7.06. The van der Waals surface area contributed by atoms with Crippen LogP contribution < -0.4 is 10.6 Å². The Kier molecular flexibility index (Phi) is 10.0. The number of benzene rings is 2. The number of H-pyrrole nitrogens is 1. The van der Waals surface area contributed by atoms with Crippen LogP contribution in [-0.2, 0) is 14.3 Å². The minimum atomic E-state index is -1.25. The minimum absolute atomic E-state index is 0.00324. The maximum atomic E-state index is 14.3. The van der Waals surface area contributed by atoms with E-state index < -0.39 is 24.9 Å². The molecule has 1 saturated heterocycles. The van der Waals surface area contributed by atoms with Crippen molar-refractivity contribution in [1.29, 1.82) is 0 Å². The molecule has 3 aliphatic rings. The number of hydrogen-bond acceptors (Lipinski definition) is 7. The number of halogens is 1. The van der Waals surface area contributed by atoms with Crippen LogP contribution in [0.4, 0.5) is 14.9 Å². The molecule has 3 amide bonds. The number of amides is 3. The number of carbonyl (C=O) groups is 4. The second kappa shape index (κ2) is 14.8. The van der Waals surface area contributed by atoms with E-state index in [4.69, 9.17) is 9.84 Å². The lowest BCUT2D eigenvalue weighted by Crippen LogP contribution is -2.50. The van der Waals surface area contributed by atoms with E-state index in [2.05, 4.69) is 25.9 Å². The van der Waals surface area contributed by atoms with Crippen molar-refractivity contribution in [3.63, 3.8) is 0 Å². The summed E-state index contributed by atoms with van der Waals surface area (Å²) < 4.78 is 20.5. The van der Waals surface area contributed by atoms with E-state index in [1.54, 1.807) is 36.3 Å². The van der Waals surface area contributed by atoms with Crippen LogP contribution in [0.1, 0.15) is 68.3 Å². The van der Waals surface area contributed by atoms with E-state index in [0.29, 0.717) is 54.6 Å². The van der Waals surface area contributed by atoms with Crippen LogP contribution in [0, 0.1) is 23.7 Å². The standard InChI is InChI=1S/C37H44FN7O6/c1-51-26-13-10-21(11-14-26)27-16-17-44(35(47)23-8-6-22(7-9-23)31(20-38)41-37(49)50)33(27)34(46)39-25-12-15-28-24(18-25)19-30(40-28)36(48)45-32-5-3-2-4-29(32)42-43-45/h2-5,12,15,18-19,21-23,26-27,31,33,40-41H,6-11,13-14,16-17,20H2,1H3,(H,39,46)(H,49,50)/t21?,22?,23?,26?,27-,31+,33-/m0/s1. The number of hydrogen-bond donors (Lipinski definition) is 4. The third-order valence-corrected chi connectivity index (χ3v) is 11.5. The van der Waals surface area contributed by atoms with Gasteiger partial charge >= 0.3 is 6.09 Å². The molecule has 3 heterocycles. The number of para-hydroxylation sites is 1. The fourth-order valence-electron chi connectivity index (χ4n) is 8.76. The van der Waals surface area contributed by atoms with Crippen molar-refractivity contribution in [3.05, 3.63) is 54.2 Å². The molecule has 4 aromatic rings. The monoisotopic (exact) mass is 701 g/mol. The lowest BCUT2D eigenvalue weighted by atomic mass is 9.75. The number of aromatic amines is 1. The van der Waals surface area contributed by atoms with Gasteiger partial charge < -0.3 is 30.4 Å².